The molecule has 0 saturated carbocycles. The van der Waals surface area contributed by atoms with Crippen LogP contribution in [0.4, 0.5) is 0 Å². The van der Waals surface area contributed by atoms with Crippen molar-refractivity contribution in [3.8, 4) is 0 Å². The number of furan rings is 1. The first-order valence-electron chi connectivity index (χ1n) is 7.34. The van der Waals surface area contributed by atoms with Crippen LogP contribution in [0.1, 0.15) is 21.9 Å². The molecule has 2 heterocycles. The van der Waals surface area contributed by atoms with E-state index in [1.165, 1.54) is 5.56 Å². The van der Waals surface area contributed by atoms with Crippen molar-refractivity contribution < 1.29 is 9.21 Å². The second kappa shape index (κ2) is 7.47. The molecule has 0 aliphatic carbocycles. The van der Waals surface area contributed by atoms with Crippen molar-refractivity contribution in [2.45, 2.75) is 13.5 Å². The normalized spacial score (nSPS) is 15.4. The van der Waals surface area contributed by atoms with Gasteiger partial charge in [0, 0.05) is 32.7 Å². The van der Waals surface area contributed by atoms with Crippen LogP contribution in [0, 0.1) is 6.92 Å². The van der Waals surface area contributed by atoms with E-state index in [4.69, 9.17) is 4.42 Å². The molecule has 1 aliphatic rings. The van der Waals surface area contributed by atoms with Crippen LogP contribution in [0.15, 0.2) is 46.9 Å². The van der Waals surface area contributed by atoms with Crippen LogP contribution < -0.4 is 0 Å². The Balaban J connectivity index is 0.00000176. The van der Waals surface area contributed by atoms with Crippen LogP contribution in [0.3, 0.4) is 0 Å². The predicted molar refractivity (Wildman–Crippen MR) is 88.3 cm³/mol. The first kappa shape index (κ1) is 16.6. The molecule has 1 fully saturated rings. The Morgan fingerprint density at radius 2 is 1.73 bits per heavy atom. The monoisotopic (exact) mass is 320 g/mol. The lowest BCUT2D eigenvalue weighted by molar-refractivity contribution is 0.0596. The molecule has 0 atom stereocenters. The van der Waals surface area contributed by atoms with Crippen molar-refractivity contribution in [3.05, 3.63) is 59.5 Å². The third kappa shape index (κ3) is 3.90. The van der Waals surface area contributed by atoms with Crippen molar-refractivity contribution in [1.82, 2.24) is 9.80 Å². The van der Waals surface area contributed by atoms with E-state index in [-0.39, 0.29) is 18.3 Å². The zero-order valence-corrected chi connectivity index (χ0v) is 13.5. The molecule has 1 amide bonds. The van der Waals surface area contributed by atoms with Gasteiger partial charge in [-0.2, -0.15) is 0 Å². The van der Waals surface area contributed by atoms with Crippen LogP contribution in [0.25, 0.3) is 0 Å². The van der Waals surface area contributed by atoms with Crippen LogP contribution in [0.2, 0.25) is 0 Å². The van der Waals surface area contributed by atoms with E-state index in [0.717, 1.165) is 38.5 Å². The van der Waals surface area contributed by atoms with Gasteiger partial charge in [-0.25, -0.2) is 0 Å². The van der Waals surface area contributed by atoms with Gasteiger partial charge >= 0.3 is 0 Å². The molecule has 1 aromatic heterocycles. The fourth-order valence-electron chi connectivity index (χ4n) is 2.66. The highest BCUT2D eigenvalue weighted by atomic mass is 35.5. The van der Waals surface area contributed by atoms with E-state index >= 15 is 0 Å². The number of piperazine rings is 1. The highest BCUT2D eigenvalue weighted by molar-refractivity contribution is 5.91. The maximum Gasteiger partial charge on any atom is 0.289 e. The highest BCUT2D eigenvalue weighted by Crippen LogP contribution is 2.13. The molecule has 4 nitrogen and oxygen atoms in total. The maximum atomic E-state index is 12.3. The minimum atomic E-state index is 0. The number of halogens is 1. The van der Waals surface area contributed by atoms with Gasteiger partial charge in [-0.05, 0) is 24.6 Å². The standard InChI is InChI=1S/C17H20N2O2.ClH/c1-14-7-8-16(21-14)17(20)19-11-9-18(10-12-19)13-15-5-3-2-4-6-15;/h2-8H,9-13H2,1H3;1H. The summed E-state index contributed by atoms with van der Waals surface area (Å²) in [5.41, 5.74) is 1.32. The van der Waals surface area contributed by atoms with Crippen molar-refractivity contribution in [1.29, 1.82) is 0 Å². The number of carbonyl (C=O) groups is 1. The lowest BCUT2D eigenvalue weighted by Crippen LogP contribution is -2.48. The van der Waals surface area contributed by atoms with Gasteiger partial charge in [0.25, 0.3) is 5.91 Å². The SMILES string of the molecule is Cc1ccc(C(=O)N2CCN(Cc3ccccc3)CC2)o1.Cl. The molecule has 2 aromatic rings. The summed E-state index contributed by atoms with van der Waals surface area (Å²) in [5, 5.41) is 0. The summed E-state index contributed by atoms with van der Waals surface area (Å²) >= 11 is 0. The summed E-state index contributed by atoms with van der Waals surface area (Å²) in [6.07, 6.45) is 0. The summed E-state index contributed by atoms with van der Waals surface area (Å²) < 4.78 is 5.42. The molecule has 0 radical (unpaired) electrons. The van der Waals surface area contributed by atoms with E-state index < -0.39 is 0 Å². The van der Waals surface area contributed by atoms with Gasteiger partial charge in [0.15, 0.2) is 5.76 Å². The van der Waals surface area contributed by atoms with Gasteiger partial charge in [-0.3, -0.25) is 9.69 Å². The molecule has 0 N–H and O–H groups in total. The molecule has 1 aliphatic heterocycles. The predicted octanol–water partition coefficient (Wildman–Crippen LogP) is 2.97. The van der Waals surface area contributed by atoms with Crippen molar-refractivity contribution in [3.63, 3.8) is 0 Å². The first-order chi connectivity index (χ1) is 10.2. The summed E-state index contributed by atoms with van der Waals surface area (Å²) in [6.45, 7) is 6.12. The topological polar surface area (TPSA) is 36.7 Å². The first-order valence-corrected chi connectivity index (χ1v) is 7.34. The van der Waals surface area contributed by atoms with Crippen molar-refractivity contribution >= 4 is 18.3 Å². The zero-order chi connectivity index (χ0) is 14.7. The van der Waals surface area contributed by atoms with E-state index in [9.17, 15) is 4.79 Å². The molecular formula is C17H21ClN2O2. The van der Waals surface area contributed by atoms with Gasteiger partial charge in [0.05, 0.1) is 0 Å². The van der Waals surface area contributed by atoms with E-state index in [0.29, 0.717) is 5.76 Å². The van der Waals surface area contributed by atoms with Crippen molar-refractivity contribution in [2.24, 2.45) is 0 Å². The molecule has 118 valence electrons. The van der Waals surface area contributed by atoms with Gasteiger partial charge in [0.2, 0.25) is 0 Å². The number of hydrogen-bond donors (Lipinski definition) is 0. The largest absolute Gasteiger partial charge is 0.456 e. The van der Waals surface area contributed by atoms with Gasteiger partial charge in [0.1, 0.15) is 5.76 Å². The Bertz CT molecular complexity index is 604. The van der Waals surface area contributed by atoms with Gasteiger partial charge in [-0.15, -0.1) is 12.4 Å². The molecule has 0 spiro atoms. The molecule has 5 heteroatoms. The van der Waals surface area contributed by atoms with Crippen LogP contribution >= 0.6 is 12.4 Å². The molecule has 3 rings (SSSR count). The molecule has 0 unspecified atom stereocenters. The Hall–Kier alpha value is -1.78. The average molecular weight is 321 g/mol. The summed E-state index contributed by atoms with van der Waals surface area (Å²) in [5.74, 6) is 1.23. The zero-order valence-electron chi connectivity index (χ0n) is 12.7. The highest BCUT2D eigenvalue weighted by Gasteiger charge is 2.23. The molecule has 1 saturated heterocycles. The quantitative estimate of drug-likeness (QED) is 0.872. The third-order valence-electron chi connectivity index (χ3n) is 3.86. The smallest absolute Gasteiger partial charge is 0.289 e. The lowest BCUT2D eigenvalue weighted by Gasteiger charge is -2.34. The third-order valence-corrected chi connectivity index (χ3v) is 3.86. The van der Waals surface area contributed by atoms with Crippen molar-refractivity contribution in [2.75, 3.05) is 26.2 Å². The van der Waals surface area contributed by atoms with E-state index in [2.05, 4.69) is 29.2 Å². The number of rotatable bonds is 3. The Labute approximate surface area is 137 Å². The minimum Gasteiger partial charge on any atom is -0.456 e. The molecule has 0 bridgehead atoms. The summed E-state index contributed by atoms with van der Waals surface area (Å²) in [6, 6.07) is 14.0. The number of benzene rings is 1. The Kier molecular flexibility index (Phi) is 5.63. The number of hydrogen-bond acceptors (Lipinski definition) is 3. The Morgan fingerprint density at radius 3 is 2.32 bits per heavy atom. The average Bonchev–Trinajstić information content (AvgIpc) is 2.95. The number of amides is 1. The fourth-order valence-corrected chi connectivity index (χ4v) is 2.66. The number of nitrogens with zero attached hydrogens (tertiary/aromatic N) is 2. The van der Waals surface area contributed by atoms with Crippen LogP contribution in [-0.2, 0) is 6.54 Å². The summed E-state index contributed by atoms with van der Waals surface area (Å²) in [4.78, 5) is 16.5. The molecule has 1 aromatic carbocycles. The van der Waals surface area contributed by atoms with Crippen LogP contribution in [0.5, 0.6) is 0 Å². The summed E-state index contributed by atoms with van der Waals surface area (Å²) in [7, 11) is 0. The maximum absolute atomic E-state index is 12.3. The number of aryl methyl sites for hydroxylation is 1. The Morgan fingerprint density at radius 1 is 1.05 bits per heavy atom. The van der Waals surface area contributed by atoms with Crippen LogP contribution in [-0.4, -0.2) is 41.9 Å². The van der Waals surface area contributed by atoms with Gasteiger partial charge in [-0.1, -0.05) is 30.3 Å². The van der Waals surface area contributed by atoms with E-state index in [1.807, 2.05) is 24.0 Å². The number of carbonyl (C=O) groups excluding carboxylic acids is 1. The van der Waals surface area contributed by atoms with E-state index in [1.54, 1.807) is 6.07 Å². The minimum absolute atomic E-state index is 0. The lowest BCUT2D eigenvalue weighted by atomic mass is 10.2. The molecular weight excluding hydrogens is 300 g/mol. The second-order valence-electron chi connectivity index (χ2n) is 5.46. The molecule has 22 heavy (non-hydrogen) atoms. The van der Waals surface area contributed by atoms with Gasteiger partial charge < -0.3 is 9.32 Å². The second-order valence-corrected chi connectivity index (χ2v) is 5.46. The fraction of sp³-hybridized carbons (Fsp3) is 0.353.